The zero-order valence-corrected chi connectivity index (χ0v) is 13.8. The van der Waals surface area contributed by atoms with Gasteiger partial charge in [0.1, 0.15) is 11.6 Å². The van der Waals surface area contributed by atoms with Gasteiger partial charge in [-0.15, -0.1) is 0 Å². The van der Waals surface area contributed by atoms with E-state index in [1.807, 2.05) is 18.3 Å². The van der Waals surface area contributed by atoms with Crippen LogP contribution in [0.1, 0.15) is 43.2 Å². The molecule has 1 spiro atoms. The SMILES string of the molecule is COc1ccc(CN2CC3(CCCCC3)c3cccnc32)cc1. The standard InChI is InChI=1S/C20H24N2O/c1-23-17-9-7-16(8-10-17)14-22-15-20(11-3-2-4-12-20)18-6-5-13-21-19(18)22/h5-10,13H,2-4,11-12,14-15H2,1H3. The molecule has 0 amide bonds. The van der Waals surface area contributed by atoms with E-state index >= 15 is 0 Å². The Morgan fingerprint density at radius 3 is 2.61 bits per heavy atom. The molecular formula is C20H24N2O. The Labute approximate surface area is 138 Å². The highest BCUT2D eigenvalue weighted by Crippen LogP contribution is 2.48. The molecule has 0 atom stereocenters. The molecule has 23 heavy (non-hydrogen) atoms. The molecule has 3 heteroatoms. The zero-order valence-electron chi connectivity index (χ0n) is 13.8. The lowest BCUT2D eigenvalue weighted by Crippen LogP contribution is -2.35. The summed E-state index contributed by atoms with van der Waals surface area (Å²) in [6.45, 7) is 2.04. The highest BCUT2D eigenvalue weighted by Gasteiger charge is 2.43. The van der Waals surface area contributed by atoms with Gasteiger partial charge in [-0.3, -0.25) is 0 Å². The number of methoxy groups -OCH3 is 1. The number of rotatable bonds is 3. The molecule has 0 bridgehead atoms. The average Bonchev–Trinajstić information content (AvgIpc) is 2.90. The Balaban J connectivity index is 1.62. The summed E-state index contributed by atoms with van der Waals surface area (Å²) >= 11 is 0. The molecule has 2 aromatic rings. The summed E-state index contributed by atoms with van der Waals surface area (Å²) in [5.41, 5.74) is 3.14. The highest BCUT2D eigenvalue weighted by molar-refractivity contribution is 5.58. The number of nitrogens with zero attached hydrogens (tertiary/aromatic N) is 2. The lowest BCUT2D eigenvalue weighted by Gasteiger charge is -2.34. The fourth-order valence-corrected chi connectivity index (χ4v) is 4.33. The van der Waals surface area contributed by atoms with Crippen LogP contribution in [0.3, 0.4) is 0 Å². The number of benzene rings is 1. The van der Waals surface area contributed by atoms with E-state index in [4.69, 9.17) is 9.72 Å². The predicted octanol–water partition coefficient (Wildman–Crippen LogP) is 4.31. The third-order valence-electron chi connectivity index (χ3n) is 5.49. The van der Waals surface area contributed by atoms with E-state index in [0.29, 0.717) is 5.41 Å². The topological polar surface area (TPSA) is 25.4 Å². The summed E-state index contributed by atoms with van der Waals surface area (Å²) in [4.78, 5) is 7.20. The summed E-state index contributed by atoms with van der Waals surface area (Å²) in [5, 5.41) is 0. The quantitative estimate of drug-likeness (QED) is 0.844. The molecular weight excluding hydrogens is 284 g/mol. The van der Waals surface area contributed by atoms with Crippen LogP contribution in [0.15, 0.2) is 42.6 Å². The van der Waals surface area contributed by atoms with E-state index in [9.17, 15) is 0 Å². The first-order valence-corrected chi connectivity index (χ1v) is 8.64. The van der Waals surface area contributed by atoms with Crippen molar-refractivity contribution in [3.05, 3.63) is 53.7 Å². The van der Waals surface area contributed by atoms with Gasteiger partial charge >= 0.3 is 0 Å². The van der Waals surface area contributed by atoms with Gasteiger partial charge < -0.3 is 9.64 Å². The maximum absolute atomic E-state index is 5.26. The second-order valence-electron chi connectivity index (χ2n) is 6.92. The van der Waals surface area contributed by atoms with Gasteiger partial charge in [0.05, 0.1) is 7.11 Å². The van der Waals surface area contributed by atoms with Gasteiger partial charge in [-0.1, -0.05) is 37.5 Å². The average molecular weight is 308 g/mol. The second kappa shape index (κ2) is 5.88. The van der Waals surface area contributed by atoms with Gasteiger partial charge in [0.25, 0.3) is 0 Å². The first kappa shape index (κ1) is 14.6. The number of hydrogen-bond donors (Lipinski definition) is 0. The van der Waals surface area contributed by atoms with Gasteiger partial charge in [-0.25, -0.2) is 4.98 Å². The van der Waals surface area contributed by atoms with Crippen LogP contribution in [0, 0.1) is 0 Å². The van der Waals surface area contributed by atoms with Crippen molar-refractivity contribution in [2.75, 3.05) is 18.6 Å². The summed E-state index contributed by atoms with van der Waals surface area (Å²) < 4.78 is 5.26. The Morgan fingerprint density at radius 2 is 1.87 bits per heavy atom. The zero-order chi connectivity index (χ0) is 15.7. The van der Waals surface area contributed by atoms with Crippen molar-refractivity contribution in [2.24, 2.45) is 0 Å². The maximum Gasteiger partial charge on any atom is 0.132 e. The van der Waals surface area contributed by atoms with Crippen molar-refractivity contribution in [2.45, 2.75) is 44.1 Å². The summed E-state index contributed by atoms with van der Waals surface area (Å²) in [6.07, 6.45) is 8.64. The van der Waals surface area contributed by atoms with Crippen molar-refractivity contribution in [1.82, 2.24) is 4.98 Å². The summed E-state index contributed by atoms with van der Waals surface area (Å²) in [5.74, 6) is 2.11. The number of pyridine rings is 1. The smallest absolute Gasteiger partial charge is 0.132 e. The largest absolute Gasteiger partial charge is 0.497 e. The van der Waals surface area contributed by atoms with Crippen molar-refractivity contribution in [1.29, 1.82) is 0 Å². The number of anilines is 1. The van der Waals surface area contributed by atoms with Crippen LogP contribution in [0.5, 0.6) is 5.75 Å². The molecule has 120 valence electrons. The van der Waals surface area contributed by atoms with Crippen molar-refractivity contribution in [3.8, 4) is 5.75 Å². The maximum atomic E-state index is 5.26. The monoisotopic (exact) mass is 308 g/mol. The molecule has 1 aliphatic carbocycles. The number of aromatic nitrogens is 1. The second-order valence-corrected chi connectivity index (χ2v) is 6.92. The molecule has 1 saturated carbocycles. The van der Waals surface area contributed by atoms with E-state index in [1.54, 1.807) is 7.11 Å². The van der Waals surface area contributed by atoms with Crippen LogP contribution >= 0.6 is 0 Å². The molecule has 2 aliphatic rings. The Morgan fingerprint density at radius 1 is 1.09 bits per heavy atom. The molecule has 4 rings (SSSR count). The minimum Gasteiger partial charge on any atom is -0.497 e. The summed E-state index contributed by atoms with van der Waals surface area (Å²) in [7, 11) is 1.71. The highest BCUT2D eigenvalue weighted by atomic mass is 16.5. The predicted molar refractivity (Wildman–Crippen MR) is 93.0 cm³/mol. The van der Waals surface area contributed by atoms with E-state index in [-0.39, 0.29) is 0 Å². The molecule has 1 aliphatic heterocycles. The summed E-state index contributed by atoms with van der Waals surface area (Å²) in [6, 6.07) is 12.8. The molecule has 0 unspecified atom stereocenters. The van der Waals surface area contributed by atoms with Gasteiger partial charge in [0.15, 0.2) is 0 Å². The van der Waals surface area contributed by atoms with E-state index < -0.39 is 0 Å². The lowest BCUT2D eigenvalue weighted by atomic mass is 9.71. The fourth-order valence-electron chi connectivity index (χ4n) is 4.33. The Bertz CT molecular complexity index is 674. The van der Waals surface area contributed by atoms with E-state index in [2.05, 4.69) is 29.2 Å². The molecule has 1 fully saturated rings. The van der Waals surface area contributed by atoms with Gasteiger partial charge in [0.2, 0.25) is 0 Å². The van der Waals surface area contributed by atoms with Crippen LogP contribution in [-0.2, 0) is 12.0 Å². The van der Waals surface area contributed by atoms with Crippen LogP contribution in [0.4, 0.5) is 5.82 Å². The van der Waals surface area contributed by atoms with Crippen LogP contribution in [-0.4, -0.2) is 18.6 Å². The van der Waals surface area contributed by atoms with E-state index in [0.717, 1.165) is 18.8 Å². The molecule has 0 saturated heterocycles. The lowest BCUT2D eigenvalue weighted by molar-refractivity contribution is 0.310. The van der Waals surface area contributed by atoms with Crippen LogP contribution in [0.2, 0.25) is 0 Å². The van der Waals surface area contributed by atoms with Crippen LogP contribution in [0.25, 0.3) is 0 Å². The third-order valence-corrected chi connectivity index (χ3v) is 5.49. The number of hydrogen-bond acceptors (Lipinski definition) is 3. The number of fused-ring (bicyclic) bond motifs is 2. The van der Waals surface area contributed by atoms with Crippen molar-refractivity contribution < 1.29 is 4.74 Å². The first-order chi connectivity index (χ1) is 11.3. The third kappa shape index (κ3) is 2.58. The number of ether oxygens (including phenoxy) is 1. The molecule has 3 nitrogen and oxygen atoms in total. The Kier molecular flexibility index (Phi) is 3.72. The minimum atomic E-state index is 0.342. The van der Waals surface area contributed by atoms with Gasteiger partial charge in [0, 0.05) is 30.3 Å². The fraction of sp³-hybridized carbons (Fsp3) is 0.450. The van der Waals surface area contributed by atoms with E-state index in [1.165, 1.54) is 49.0 Å². The van der Waals surface area contributed by atoms with Crippen molar-refractivity contribution in [3.63, 3.8) is 0 Å². The molecule has 0 N–H and O–H groups in total. The normalized spacial score (nSPS) is 18.9. The van der Waals surface area contributed by atoms with Gasteiger partial charge in [-0.05, 0) is 36.6 Å². The van der Waals surface area contributed by atoms with Crippen LogP contribution < -0.4 is 9.64 Å². The van der Waals surface area contributed by atoms with Gasteiger partial charge in [-0.2, -0.15) is 0 Å². The first-order valence-electron chi connectivity index (χ1n) is 8.64. The molecule has 1 aromatic carbocycles. The van der Waals surface area contributed by atoms with Crippen molar-refractivity contribution >= 4 is 5.82 Å². The Hall–Kier alpha value is -2.03. The minimum absolute atomic E-state index is 0.342. The molecule has 1 aromatic heterocycles. The molecule has 0 radical (unpaired) electrons. The molecule has 2 heterocycles.